The summed E-state index contributed by atoms with van der Waals surface area (Å²) in [7, 11) is 1.86. The Labute approximate surface area is 103 Å². The summed E-state index contributed by atoms with van der Waals surface area (Å²) < 4.78 is 19.2. The van der Waals surface area contributed by atoms with E-state index in [-0.39, 0.29) is 17.5 Å². The molecule has 1 aromatic rings. The maximum Gasteiger partial charge on any atom is 0.126 e. The second kappa shape index (κ2) is 5.61. The topological polar surface area (TPSA) is 21.3 Å². The van der Waals surface area contributed by atoms with Gasteiger partial charge in [0, 0.05) is 0 Å². The molecule has 1 unspecified atom stereocenters. The molecular weight excluding hydrogens is 217 g/mol. The second-order valence-corrected chi connectivity index (χ2v) is 5.27. The Morgan fingerprint density at radius 1 is 1.35 bits per heavy atom. The van der Waals surface area contributed by atoms with Crippen LogP contribution in [0.4, 0.5) is 4.39 Å². The first-order valence-corrected chi connectivity index (χ1v) is 5.91. The standard InChI is InChI=1S/C14H22FNO/c1-10-6-7-11(8-12(10)15)13(16-5)9-17-14(2,3)4/h6-8,13,16H,9H2,1-5H3. The molecule has 0 aliphatic rings. The van der Waals surface area contributed by atoms with Crippen molar-refractivity contribution < 1.29 is 9.13 Å². The Morgan fingerprint density at radius 3 is 2.47 bits per heavy atom. The Hall–Kier alpha value is -0.930. The quantitative estimate of drug-likeness (QED) is 0.871. The molecule has 17 heavy (non-hydrogen) atoms. The van der Waals surface area contributed by atoms with E-state index in [1.807, 2.05) is 33.9 Å². The zero-order chi connectivity index (χ0) is 13.1. The highest BCUT2D eigenvalue weighted by Gasteiger charge is 2.16. The number of ether oxygens (including phenoxy) is 1. The van der Waals surface area contributed by atoms with E-state index < -0.39 is 0 Å². The average molecular weight is 239 g/mol. The number of halogens is 1. The Balaban J connectivity index is 2.76. The normalized spacial score (nSPS) is 13.8. The molecule has 2 nitrogen and oxygen atoms in total. The lowest BCUT2D eigenvalue weighted by Gasteiger charge is -2.24. The highest BCUT2D eigenvalue weighted by molar-refractivity contribution is 5.25. The van der Waals surface area contributed by atoms with Gasteiger partial charge in [0.05, 0.1) is 18.2 Å². The fourth-order valence-electron chi connectivity index (χ4n) is 1.51. The van der Waals surface area contributed by atoms with E-state index in [0.717, 1.165) is 5.56 Å². The molecule has 0 aromatic heterocycles. The number of hydrogen-bond acceptors (Lipinski definition) is 2. The zero-order valence-electron chi connectivity index (χ0n) is 11.3. The van der Waals surface area contributed by atoms with E-state index in [4.69, 9.17) is 4.74 Å². The molecule has 1 atom stereocenters. The first-order chi connectivity index (χ1) is 7.83. The van der Waals surface area contributed by atoms with E-state index in [2.05, 4.69) is 5.32 Å². The van der Waals surface area contributed by atoms with Crippen molar-refractivity contribution in [1.82, 2.24) is 5.32 Å². The van der Waals surface area contributed by atoms with Gasteiger partial charge in [-0.3, -0.25) is 0 Å². The predicted molar refractivity (Wildman–Crippen MR) is 68.6 cm³/mol. The van der Waals surface area contributed by atoms with Crippen LogP contribution in [-0.4, -0.2) is 19.3 Å². The van der Waals surface area contributed by atoms with Crippen LogP contribution in [0.5, 0.6) is 0 Å². The van der Waals surface area contributed by atoms with Crippen molar-refractivity contribution in [2.75, 3.05) is 13.7 Å². The fourth-order valence-corrected chi connectivity index (χ4v) is 1.51. The molecule has 0 aliphatic heterocycles. The van der Waals surface area contributed by atoms with Crippen molar-refractivity contribution >= 4 is 0 Å². The molecule has 0 saturated carbocycles. The molecule has 1 N–H and O–H groups in total. The van der Waals surface area contributed by atoms with Crippen molar-refractivity contribution in [2.24, 2.45) is 0 Å². The molecule has 0 fully saturated rings. The number of nitrogens with one attached hydrogen (secondary N) is 1. The third-order valence-electron chi connectivity index (χ3n) is 2.63. The van der Waals surface area contributed by atoms with Gasteiger partial charge in [0.15, 0.2) is 0 Å². The summed E-state index contributed by atoms with van der Waals surface area (Å²) in [5.74, 6) is -0.168. The van der Waals surface area contributed by atoms with Crippen LogP contribution in [-0.2, 0) is 4.74 Å². The lowest BCUT2D eigenvalue weighted by Crippen LogP contribution is -2.28. The molecule has 96 valence electrons. The van der Waals surface area contributed by atoms with E-state index >= 15 is 0 Å². The first kappa shape index (κ1) is 14.1. The van der Waals surface area contributed by atoms with Gasteiger partial charge in [0.1, 0.15) is 5.82 Å². The maximum absolute atomic E-state index is 13.5. The third-order valence-corrected chi connectivity index (χ3v) is 2.63. The molecule has 0 aliphatic carbocycles. The molecule has 0 spiro atoms. The van der Waals surface area contributed by atoms with Gasteiger partial charge in [0.2, 0.25) is 0 Å². The van der Waals surface area contributed by atoms with Crippen LogP contribution in [0.15, 0.2) is 18.2 Å². The number of rotatable bonds is 4. The molecule has 3 heteroatoms. The Kier molecular flexibility index (Phi) is 4.66. The summed E-state index contributed by atoms with van der Waals surface area (Å²) in [6, 6.07) is 5.32. The van der Waals surface area contributed by atoms with Gasteiger partial charge in [0.25, 0.3) is 0 Å². The van der Waals surface area contributed by atoms with E-state index in [9.17, 15) is 4.39 Å². The van der Waals surface area contributed by atoms with Gasteiger partial charge in [-0.25, -0.2) is 4.39 Å². The number of aryl methyl sites for hydroxylation is 1. The fraction of sp³-hybridized carbons (Fsp3) is 0.571. The number of hydrogen-bond donors (Lipinski definition) is 1. The summed E-state index contributed by atoms with van der Waals surface area (Å²) in [4.78, 5) is 0. The van der Waals surface area contributed by atoms with Crippen LogP contribution < -0.4 is 5.32 Å². The zero-order valence-corrected chi connectivity index (χ0v) is 11.3. The Bertz CT molecular complexity index is 371. The third kappa shape index (κ3) is 4.44. The van der Waals surface area contributed by atoms with Crippen molar-refractivity contribution in [3.8, 4) is 0 Å². The monoisotopic (exact) mass is 239 g/mol. The second-order valence-electron chi connectivity index (χ2n) is 5.27. The summed E-state index contributed by atoms with van der Waals surface area (Å²) in [5, 5.41) is 3.15. The molecular formula is C14H22FNO. The van der Waals surface area contributed by atoms with Gasteiger partial charge < -0.3 is 10.1 Å². The highest BCUT2D eigenvalue weighted by atomic mass is 19.1. The lowest BCUT2D eigenvalue weighted by molar-refractivity contribution is -0.0139. The SMILES string of the molecule is CNC(COC(C)(C)C)c1ccc(C)c(F)c1. The Morgan fingerprint density at radius 2 is 2.00 bits per heavy atom. The minimum Gasteiger partial charge on any atom is -0.374 e. The summed E-state index contributed by atoms with van der Waals surface area (Å²) >= 11 is 0. The van der Waals surface area contributed by atoms with Crippen LogP contribution in [0.25, 0.3) is 0 Å². The molecule has 1 rings (SSSR count). The van der Waals surface area contributed by atoms with Gasteiger partial charge in [-0.1, -0.05) is 12.1 Å². The first-order valence-electron chi connectivity index (χ1n) is 5.91. The van der Waals surface area contributed by atoms with E-state index in [1.54, 1.807) is 19.1 Å². The van der Waals surface area contributed by atoms with Crippen LogP contribution in [0, 0.1) is 12.7 Å². The predicted octanol–water partition coefficient (Wildman–Crippen LogP) is 3.21. The summed E-state index contributed by atoms with van der Waals surface area (Å²) in [5.41, 5.74) is 1.40. The van der Waals surface area contributed by atoms with Gasteiger partial charge in [-0.2, -0.15) is 0 Å². The van der Waals surface area contributed by atoms with Crippen molar-refractivity contribution in [2.45, 2.75) is 39.3 Å². The van der Waals surface area contributed by atoms with Crippen LogP contribution in [0.2, 0.25) is 0 Å². The van der Waals surface area contributed by atoms with Gasteiger partial charge in [-0.15, -0.1) is 0 Å². The van der Waals surface area contributed by atoms with Crippen molar-refractivity contribution in [1.29, 1.82) is 0 Å². The largest absolute Gasteiger partial charge is 0.374 e. The van der Waals surface area contributed by atoms with Crippen LogP contribution in [0.1, 0.15) is 37.9 Å². The van der Waals surface area contributed by atoms with Crippen LogP contribution >= 0.6 is 0 Å². The lowest BCUT2D eigenvalue weighted by atomic mass is 10.0. The number of benzene rings is 1. The maximum atomic E-state index is 13.5. The van der Waals surface area contributed by atoms with Crippen molar-refractivity contribution in [3.05, 3.63) is 35.1 Å². The van der Waals surface area contributed by atoms with Crippen LogP contribution in [0.3, 0.4) is 0 Å². The highest BCUT2D eigenvalue weighted by Crippen LogP contribution is 2.19. The molecule has 0 radical (unpaired) electrons. The molecule has 1 aromatic carbocycles. The minimum absolute atomic E-state index is 0.0179. The molecule has 0 saturated heterocycles. The van der Waals surface area contributed by atoms with Crippen molar-refractivity contribution in [3.63, 3.8) is 0 Å². The molecule has 0 amide bonds. The average Bonchev–Trinajstić information content (AvgIpc) is 2.22. The molecule has 0 bridgehead atoms. The number of likely N-dealkylation sites (N-methyl/N-ethyl adjacent to an activating group) is 1. The van der Waals surface area contributed by atoms with E-state index in [1.165, 1.54) is 0 Å². The summed E-state index contributed by atoms with van der Waals surface area (Å²) in [6.07, 6.45) is 0. The minimum atomic E-state index is -0.182. The molecule has 0 heterocycles. The smallest absolute Gasteiger partial charge is 0.126 e. The van der Waals surface area contributed by atoms with Gasteiger partial charge in [-0.05, 0) is 51.9 Å². The van der Waals surface area contributed by atoms with Gasteiger partial charge >= 0.3 is 0 Å². The summed E-state index contributed by atoms with van der Waals surface area (Å²) in [6.45, 7) is 8.32. The van der Waals surface area contributed by atoms with E-state index in [0.29, 0.717) is 12.2 Å².